The van der Waals surface area contributed by atoms with Gasteiger partial charge in [0, 0.05) is 17.1 Å². The molecule has 0 unspecified atom stereocenters. The summed E-state index contributed by atoms with van der Waals surface area (Å²) in [5.74, 6) is 0. The molecule has 0 aliphatic carbocycles. The van der Waals surface area contributed by atoms with Crippen LogP contribution in [0.4, 0.5) is 0 Å². The Kier molecular flexibility index (Phi) is 1.30. The largest absolute Gasteiger partial charge is 0.327 e. The summed E-state index contributed by atoms with van der Waals surface area (Å²) >= 11 is 4.60. The van der Waals surface area contributed by atoms with E-state index in [-0.39, 0.29) is 0 Å². The Morgan fingerprint density at radius 1 is 1.50 bits per heavy atom. The van der Waals surface area contributed by atoms with Crippen molar-refractivity contribution >= 4 is 17.2 Å². The van der Waals surface area contributed by atoms with E-state index in [1.54, 1.807) is 18.2 Å². The smallest absolute Gasteiger partial charge is 0.0484 e. The van der Waals surface area contributed by atoms with E-state index in [9.17, 15) is 4.91 Å². The van der Waals surface area contributed by atoms with Crippen molar-refractivity contribution in [1.29, 1.82) is 0 Å². The van der Waals surface area contributed by atoms with Crippen molar-refractivity contribution in [2.24, 2.45) is 0 Å². The highest BCUT2D eigenvalue weighted by atomic mass is 32.1. The van der Waals surface area contributed by atoms with Gasteiger partial charge in [-0.1, -0.05) is 0 Å². The first-order valence-electron chi connectivity index (χ1n) is 2.16. The molecule has 0 atom stereocenters. The Hall–Kier alpha value is -0.830. The van der Waals surface area contributed by atoms with Gasteiger partial charge in [-0.25, -0.2) is 0 Å². The van der Waals surface area contributed by atoms with Crippen LogP contribution in [0.1, 0.15) is 0 Å². The van der Waals surface area contributed by atoms with Gasteiger partial charge >= 0.3 is 4.99 Å². The van der Waals surface area contributed by atoms with Crippen LogP contribution in [0.25, 0.3) is 0 Å². The molecule has 0 spiro atoms. The fraction of sp³-hybridized carbons (Fsp3) is 0. The zero-order valence-corrected chi connectivity index (χ0v) is 4.89. The molecule has 40 valence electrons. The molecule has 0 aromatic carbocycles. The number of hydrogen-bond donors (Lipinski definition) is 0. The standard InChI is InChI=1S/C5H4NOS/c7-6-4-2-1-3-5(6)8/h1-4H/q+1. The van der Waals surface area contributed by atoms with Crippen LogP contribution in [0, 0.1) is 4.91 Å². The molecule has 0 saturated carbocycles. The molecule has 2 nitrogen and oxygen atoms in total. The number of rotatable bonds is 0. The third-order valence-corrected chi connectivity index (χ3v) is 1.10. The quantitative estimate of drug-likeness (QED) is 0.358. The number of thiocarbonyl (C=S) groups is 1. The molecular formula is C5H4NOS+. The Balaban J connectivity index is 2.89. The van der Waals surface area contributed by atoms with Gasteiger partial charge in [-0.3, -0.25) is 0 Å². The average molecular weight is 126 g/mol. The first kappa shape index (κ1) is 5.31. The Morgan fingerprint density at radius 2 is 2.25 bits per heavy atom. The first-order valence-corrected chi connectivity index (χ1v) is 2.57. The Labute approximate surface area is 52.1 Å². The minimum absolute atomic E-state index is 0.313. The molecule has 3 heteroatoms. The van der Waals surface area contributed by atoms with E-state index in [0.717, 1.165) is 0 Å². The molecule has 0 aromatic rings. The number of allylic oxidation sites excluding steroid dienone is 2. The predicted octanol–water partition coefficient (Wildman–Crippen LogP) is 1.18. The van der Waals surface area contributed by atoms with E-state index in [1.807, 2.05) is 0 Å². The SMILES string of the molecule is O=[N+]1C=CC=CC1=S. The molecule has 0 bridgehead atoms. The molecule has 0 amide bonds. The Bertz CT molecular complexity index is 171. The molecular weight excluding hydrogens is 122 g/mol. The molecule has 1 rings (SSSR count). The van der Waals surface area contributed by atoms with Crippen LogP contribution in [0.3, 0.4) is 0 Å². The highest BCUT2D eigenvalue weighted by molar-refractivity contribution is 7.80. The van der Waals surface area contributed by atoms with E-state index in [4.69, 9.17) is 0 Å². The van der Waals surface area contributed by atoms with Crippen molar-refractivity contribution in [3.8, 4) is 0 Å². The van der Waals surface area contributed by atoms with Gasteiger partial charge in [-0.05, 0) is 18.3 Å². The summed E-state index contributed by atoms with van der Waals surface area (Å²) in [7, 11) is 0. The third-order valence-electron chi connectivity index (χ3n) is 0.789. The fourth-order valence-corrected chi connectivity index (χ4v) is 0.552. The third kappa shape index (κ3) is 0.869. The molecule has 8 heavy (non-hydrogen) atoms. The van der Waals surface area contributed by atoms with Crippen molar-refractivity contribution in [2.45, 2.75) is 0 Å². The van der Waals surface area contributed by atoms with Gasteiger partial charge < -0.3 is 0 Å². The van der Waals surface area contributed by atoms with Crippen molar-refractivity contribution in [2.75, 3.05) is 0 Å². The lowest BCUT2D eigenvalue weighted by Gasteiger charge is -1.82. The summed E-state index contributed by atoms with van der Waals surface area (Å²) in [6, 6.07) is 0. The minimum Gasteiger partial charge on any atom is -0.0484 e. The molecule has 0 aromatic heterocycles. The molecule has 1 heterocycles. The van der Waals surface area contributed by atoms with Crippen LogP contribution in [-0.4, -0.2) is 9.75 Å². The Morgan fingerprint density at radius 3 is 2.62 bits per heavy atom. The maximum absolute atomic E-state index is 10.4. The van der Waals surface area contributed by atoms with E-state index < -0.39 is 0 Å². The van der Waals surface area contributed by atoms with Crippen LogP contribution in [0.5, 0.6) is 0 Å². The van der Waals surface area contributed by atoms with E-state index in [0.29, 0.717) is 9.75 Å². The van der Waals surface area contributed by atoms with Gasteiger partial charge in [0.15, 0.2) is 0 Å². The maximum Gasteiger partial charge on any atom is 0.327 e. The number of hydrogen-bond acceptors (Lipinski definition) is 2. The summed E-state index contributed by atoms with van der Waals surface area (Å²) in [5, 5.41) is 0. The van der Waals surface area contributed by atoms with Gasteiger partial charge in [0.2, 0.25) is 6.20 Å². The number of nitrogens with zero attached hydrogens (tertiary/aromatic N) is 1. The van der Waals surface area contributed by atoms with Gasteiger partial charge in [0.25, 0.3) is 0 Å². The zero-order chi connectivity index (χ0) is 5.98. The van der Waals surface area contributed by atoms with Crippen molar-refractivity contribution < 1.29 is 4.76 Å². The minimum atomic E-state index is 0.313. The van der Waals surface area contributed by atoms with Crippen LogP contribution in [-0.2, 0) is 0 Å². The van der Waals surface area contributed by atoms with Gasteiger partial charge in [-0.15, -0.1) is 0 Å². The highest BCUT2D eigenvalue weighted by Gasteiger charge is 2.11. The van der Waals surface area contributed by atoms with Crippen LogP contribution < -0.4 is 0 Å². The second-order valence-corrected chi connectivity index (χ2v) is 1.78. The van der Waals surface area contributed by atoms with Crippen LogP contribution in [0.15, 0.2) is 24.4 Å². The fourth-order valence-electron chi connectivity index (χ4n) is 0.413. The lowest BCUT2D eigenvalue weighted by Crippen LogP contribution is -2.07. The predicted molar refractivity (Wildman–Crippen MR) is 34.5 cm³/mol. The summed E-state index contributed by atoms with van der Waals surface area (Å²) < 4.78 is 0.648. The lowest BCUT2D eigenvalue weighted by atomic mass is 10.4. The maximum atomic E-state index is 10.4. The number of nitroso groups, excluding NO2 is 1. The van der Waals surface area contributed by atoms with E-state index in [2.05, 4.69) is 12.2 Å². The molecule has 0 radical (unpaired) electrons. The normalized spacial score (nSPS) is 17.5. The van der Waals surface area contributed by atoms with Crippen molar-refractivity contribution in [3.05, 3.63) is 29.3 Å². The average Bonchev–Trinajstić information content (AvgIpc) is 1.77. The molecule has 1 aliphatic heterocycles. The second kappa shape index (κ2) is 1.96. The molecule has 1 aliphatic rings. The first-order chi connectivity index (χ1) is 3.80. The summed E-state index contributed by atoms with van der Waals surface area (Å²) in [6.07, 6.45) is 6.34. The van der Waals surface area contributed by atoms with Crippen molar-refractivity contribution in [1.82, 2.24) is 0 Å². The molecule has 0 fully saturated rings. The second-order valence-electron chi connectivity index (χ2n) is 1.36. The van der Waals surface area contributed by atoms with Gasteiger partial charge in [0.05, 0.1) is 4.76 Å². The summed E-state index contributed by atoms with van der Waals surface area (Å²) in [4.78, 5) is 10.7. The van der Waals surface area contributed by atoms with Crippen LogP contribution >= 0.6 is 12.2 Å². The summed E-state index contributed by atoms with van der Waals surface area (Å²) in [5.41, 5.74) is 0. The van der Waals surface area contributed by atoms with Gasteiger partial charge in [0.1, 0.15) is 0 Å². The van der Waals surface area contributed by atoms with E-state index in [1.165, 1.54) is 6.20 Å². The van der Waals surface area contributed by atoms with E-state index >= 15 is 0 Å². The lowest BCUT2D eigenvalue weighted by molar-refractivity contribution is -0.343. The topological polar surface area (TPSA) is 20.1 Å². The molecule has 0 saturated heterocycles. The van der Waals surface area contributed by atoms with Crippen LogP contribution in [0.2, 0.25) is 0 Å². The summed E-state index contributed by atoms with van der Waals surface area (Å²) in [6.45, 7) is 0. The van der Waals surface area contributed by atoms with Gasteiger partial charge in [-0.2, -0.15) is 0 Å². The monoisotopic (exact) mass is 126 g/mol. The van der Waals surface area contributed by atoms with Crippen molar-refractivity contribution in [3.63, 3.8) is 0 Å². The highest BCUT2D eigenvalue weighted by Crippen LogP contribution is 1.93. The molecule has 0 N–H and O–H groups in total. The zero-order valence-electron chi connectivity index (χ0n) is 4.07.